The largest absolute Gasteiger partial charge is 0.396 e. The van der Waals surface area contributed by atoms with E-state index in [0.717, 1.165) is 18.8 Å². The molecule has 2 rings (SSSR count). The Labute approximate surface area is 112 Å². The molecule has 0 atom stereocenters. The maximum atomic E-state index is 8.74. The van der Waals surface area contributed by atoms with E-state index in [4.69, 9.17) is 5.11 Å². The zero-order chi connectivity index (χ0) is 13.5. The zero-order valence-corrected chi connectivity index (χ0v) is 11.2. The summed E-state index contributed by atoms with van der Waals surface area (Å²) in [5, 5.41) is 24.3. The molecule has 0 saturated carbocycles. The Morgan fingerprint density at radius 2 is 2.16 bits per heavy atom. The average molecular weight is 264 g/mol. The molecule has 0 radical (unpaired) electrons. The van der Waals surface area contributed by atoms with Crippen molar-refractivity contribution in [3.8, 4) is 0 Å². The molecule has 0 bridgehead atoms. The molecule has 19 heavy (non-hydrogen) atoms. The first-order chi connectivity index (χ1) is 9.28. The minimum absolute atomic E-state index is 0.177. The van der Waals surface area contributed by atoms with Crippen LogP contribution in [0.3, 0.4) is 0 Å². The summed E-state index contributed by atoms with van der Waals surface area (Å²) < 4.78 is 3.67. The fraction of sp³-hybridized carbons (Fsp3) is 0.583. The van der Waals surface area contributed by atoms with Crippen molar-refractivity contribution in [3.05, 3.63) is 29.8 Å². The molecule has 0 aliphatic heterocycles. The number of nitrogens with one attached hydrogen (secondary N) is 1. The van der Waals surface area contributed by atoms with Crippen LogP contribution in [0.2, 0.25) is 0 Å². The molecule has 2 aromatic rings. The molecule has 0 aromatic carbocycles. The van der Waals surface area contributed by atoms with Crippen molar-refractivity contribution in [3.63, 3.8) is 0 Å². The number of hydrogen-bond acceptors (Lipinski definition) is 5. The van der Waals surface area contributed by atoms with E-state index in [1.165, 1.54) is 5.56 Å². The second-order valence-electron chi connectivity index (χ2n) is 4.51. The molecule has 0 fully saturated rings. The molecule has 0 aliphatic carbocycles. The molecule has 0 aliphatic rings. The summed E-state index contributed by atoms with van der Waals surface area (Å²) in [5.74, 6) is 0. The van der Waals surface area contributed by atoms with E-state index in [1.54, 1.807) is 4.68 Å². The van der Waals surface area contributed by atoms with Gasteiger partial charge >= 0.3 is 0 Å². The van der Waals surface area contributed by atoms with Gasteiger partial charge in [-0.3, -0.25) is 9.36 Å². The van der Waals surface area contributed by atoms with E-state index in [0.29, 0.717) is 19.5 Å². The molecule has 7 nitrogen and oxygen atoms in total. The van der Waals surface area contributed by atoms with Gasteiger partial charge in [0.1, 0.15) is 0 Å². The van der Waals surface area contributed by atoms with Crippen molar-refractivity contribution in [2.45, 2.75) is 33.0 Å². The van der Waals surface area contributed by atoms with Gasteiger partial charge in [-0.25, -0.2) is 0 Å². The number of nitrogens with zero attached hydrogens (tertiary/aromatic N) is 5. The minimum Gasteiger partial charge on any atom is -0.396 e. The topological polar surface area (TPSA) is 80.8 Å². The molecule has 0 spiro atoms. The molecule has 0 amide bonds. The third-order valence-corrected chi connectivity index (χ3v) is 2.72. The van der Waals surface area contributed by atoms with Crippen LogP contribution < -0.4 is 5.32 Å². The fourth-order valence-corrected chi connectivity index (χ4v) is 1.76. The molecule has 0 unspecified atom stereocenters. The second-order valence-corrected chi connectivity index (χ2v) is 4.51. The van der Waals surface area contributed by atoms with Crippen LogP contribution in [0.1, 0.15) is 17.7 Å². The van der Waals surface area contributed by atoms with E-state index in [-0.39, 0.29) is 6.61 Å². The normalized spacial score (nSPS) is 11.1. The Kier molecular flexibility index (Phi) is 5.05. The first-order valence-electron chi connectivity index (χ1n) is 6.47. The van der Waals surface area contributed by atoms with E-state index < -0.39 is 0 Å². The van der Waals surface area contributed by atoms with Crippen LogP contribution in [0.5, 0.6) is 0 Å². The molecular weight excluding hydrogens is 244 g/mol. The highest BCUT2D eigenvalue weighted by Crippen LogP contribution is 1.95. The lowest BCUT2D eigenvalue weighted by Crippen LogP contribution is -2.19. The van der Waals surface area contributed by atoms with Crippen LogP contribution in [-0.2, 0) is 19.6 Å². The summed E-state index contributed by atoms with van der Waals surface area (Å²) in [6, 6.07) is 0. The SMILES string of the molecule is Cc1cnn(CCNCc2cn(CCCO)nn2)c1. The maximum absolute atomic E-state index is 8.74. The smallest absolute Gasteiger partial charge is 0.0964 e. The van der Waals surface area contributed by atoms with Gasteiger partial charge in [0.25, 0.3) is 0 Å². The van der Waals surface area contributed by atoms with Gasteiger partial charge in [-0.1, -0.05) is 5.21 Å². The minimum atomic E-state index is 0.177. The van der Waals surface area contributed by atoms with Gasteiger partial charge in [0.15, 0.2) is 0 Å². The monoisotopic (exact) mass is 264 g/mol. The van der Waals surface area contributed by atoms with Crippen LogP contribution >= 0.6 is 0 Å². The summed E-state index contributed by atoms with van der Waals surface area (Å²) in [6.07, 6.45) is 6.48. The van der Waals surface area contributed by atoms with Crippen LogP contribution in [0.25, 0.3) is 0 Å². The molecular formula is C12H20N6O. The van der Waals surface area contributed by atoms with Gasteiger partial charge in [0.05, 0.1) is 18.4 Å². The van der Waals surface area contributed by atoms with Crippen molar-refractivity contribution in [1.29, 1.82) is 0 Å². The fourth-order valence-electron chi connectivity index (χ4n) is 1.76. The Morgan fingerprint density at radius 1 is 1.26 bits per heavy atom. The number of aromatic nitrogens is 5. The van der Waals surface area contributed by atoms with Crippen LogP contribution in [0.15, 0.2) is 18.6 Å². The van der Waals surface area contributed by atoms with Gasteiger partial charge in [-0.2, -0.15) is 5.10 Å². The van der Waals surface area contributed by atoms with Gasteiger partial charge in [-0.05, 0) is 18.9 Å². The lowest BCUT2D eigenvalue weighted by atomic mass is 10.4. The zero-order valence-electron chi connectivity index (χ0n) is 11.2. The number of rotatable bonds is 8. The van der Waals surface area contributed by atoms with Gasteiger partial charge in [0.2, 0.25) is 0 Å². The van der Waals surface area contributed by atoms with E-state index in [1.807, 2.05) is 30.2 Å². The number of hydrogen-bond donors (Lipinski definition) is 2. The highest BCUT2D eigenvalue weighted by Gasteiger charge is 2.00. The summed E-state index contributed by atoms with van der Waals surface area (Å²) >= 11 is 0. The lowest BCUT2D eigenvalue weighted by molar-refractivity contribution is 0.276. The first kappa shape index (κ1) is 13.7. The molecule has 104 valence electrons. The number of aliphatic hydroxyl groups excluding tert-OH is 1. The highest BCUT2D eigenvalue weighted by atomic mass is 16.3. The molecule has 7 heteroatoms. The number of aliphatic hydroxyl groups is 1. The highest BCUT2D eigenvalue weighted by molar-refractivity contribution is 4.99. The van der Waals surface area contributed by atoms with E-state index in [2.05, 4.69) is 20.7 Å². The summed E-state index contributed by atoms with van der Waals surface area (Å²) in [5.41, 5.74) is 2.08. The van der Waals surface area contributed by atoms with Gasteiger partial charge in [-0.15, -0.1) is 5.10 Å². The van der Waals surface area contributed by atoms with Gasteiger partial charge in [0, 0.05) is 38.6 Å². The average Bonchev–Trinajstić information content (AvgIpc) is 3.01. The summed E-state index contributed by atoms with van der Waals surface area (Å²) in [4.78, 5) is 0. The predicted octanol–water partition coefficient (Wildman–Crippen LogP) is -0.0448. The van der Waals surface area contributed by atoms with Crippen molar-refractivity contribution >= 4 is 0 Å². The van der Waals surface area contributed by atoms with Crippen LogP contribution in [-0.4, -0.2) is 43.0 Å². The predicted molar refractivity (Wildman–Crippen MR) is 70.4 cm³/mol. The van der Waals surface area contributed by atoms with Crippen molar-refractivity contribution in [1.82, 2.24) is 30.1 Å². The van der Waals surface area contributed by atoms with Crippen molar-refractivity contribution < 1.29 is 5.11 Å². The Bertz CT molecular complexity index is 492. The van der Waals surface area contributed by atoms with Crippen molar-refractivity contribution in [2.75, 3.05) is 13.2 Å². The standard InChI is InChI=1S/C12H20N6O/c1-11-7-14-17(9-11)5-3-13-8-12-10-18(16-15-12)4-2-6-19/h7,9-10,13,19H,2-6,8H2,1H3. The third-order valence-electron chi connectivity index (χ3n) is 2.72. The first-order valence-corrected chi connectivity index (χ1v) is 6.47. The lowest BCUT2D eigenvalue weighted by Gasteiger charge is -2.02. The van der Waals surface area contributed by atoms with Crippen LogP contribution in [0.4, 0.5) is 0 Å². The Balaban J connectivity index is 1.66. The molecule has 2 N–H and O–H groups in total. The van der Waals surface area contributed by atoms with Crippen molar-refractivity contribution in [2.24, 2.45) is 0 Å². The third kappa shape index (κ3) is 4.46. The second kappa shape index (κ2) is 7.01. The van der Waals surface area contributed by atoms with Crippen LogP contribution in [0, 0.1) is 6.92 Å². The molecule has 2 heterocycles. The maximum Gasteiger partial charge on any atom is 0.0964 e. The molecule has 0 saturated heterocycles. The van der Waals surface area contributed by atoms with E-state index >= 15 is 0 Å². The van der Waals surface area contributed by atoms with Gasteiger partial charge < -0.3 is 10.4 Å². The number of aryl methyl sites for hydroxylation is 2. The van der Waals surface area contributed by atoms with E-state index in [9.17, 15) is 0 Å². The Hall–Kier alpha value is -1.73. The Morgan fingerprint density at radius 3 is 2.89 bits per heavy atom. The molecule has 2 aromatic heterocycles. The summed E-state index contributed by atoms with van der Waals surface area (Å²) in [6.45, 7) is 5.28. The summed E-state index contributed by atoms with van der Waals surface area (Å²) in [7, 11) is 0. The quantitative estimate of drug-likeness (QED) is 0.654.